The first-order valence-corrected chi connectivity index (χ1v) is 13.9. The number of carbonyl (C=O) groups excluding carboxylic acids is 3. The second-order valence-electron chi connectivity index (χ2n) is 10.3. The molecule has 0 bridgehead atoms. The predicted octanol–water partition coefficient (Wildman–Crippen LogP) is 5.72. The topological polar surface area (TPSA) is 106 Å². The number of rotatable bonds is 10. The van der Waals surface area contributed by atoms with Crippen molar-refractivity contribution in [2.75, 3.05) is 6.54 Å². The van der Waals surface area contributed by atoms with Gasteiger partial charge in [0.05, 0.1) is 39.5 Å². The minimum absolute atomic E-state index is 0.0117. The Labute approximate surface area is 241 Å². The van der Waals surface area contributed by atoms with Crippen LogP contribution in [0.1, 0.15) is 61.4 Å². The molecule has 2 aliphatic carbocycles. The number of hydrogen-bond acceptors (Lipinski definition) is 6. The van der Waals surface area contributed by atoms with Crippen LogP contribution in [0.3, 0.4) is 0 Å². The highest BCUT2D eigenvalue weighted by Gasteiger charge is 2.36. The number of ketones is 2. The van der Waals surface area contributed by atoms with E-state index in [0.29, 0.717) is 5.71 Å². The fourth-order valence-electron chi connectivity index (χ4n) is 5.05. The fraction of sp³-hybridized carbons (Fsp3) is 0.414. The third-order valence-corrected chi connectivity index (χ3v) is 7.85. The van der Waals surface area contributed by atoms with Gasteiger partial charge in [0.25, 0.3) is 5.91 Å². The normalized spacial score (nSPS) is 19.8. The molecule has 2 saturated carbocycles. The fourth-order valence-corrected chi connectivity index (χ4v) is 5.62. The second kappa shape index (κ2) is 13.0. The molecule has 0 aliphatic heterocycles. The van der Waals surface area contributed by atoms with E-state index in [9.17, 15) is 23.2 Å². The van der Waals surface area contributed by atoms with Crippen molar-refractivity contribution in [3.8, 4) is 0 Å². The van der Waals surface area contributed by atoms with E-state index in [0.717, 1.165) is 61.6 Å². The SMILES string of the molecule is CC(=O)C1CCC(N=C(C(=CN)C(=O)N(CC(=O)c2c(Cl)cncc2Cl)Cc2cc(F)cc(F)c2)C2CC2)CC1. The van der Waals surface area contributed by atoms with E-state index in [2.05, 4.69) is 4.98 Å². The molecule has 2 fully saturated rings. The first kappa shape index (κ1) is 29.8. The summed E-state index contributed by atoms with van der Waals surface area (Å²) in [5.41, 5.74) is 6.81. The minimum atomic E-state index is -0.815. The highest BCUT2D eigenvalue weighted by atomic mass is 35.5. The monoisotopic (exact) mass is 590 g/mol. The standard InChI is InChI=1S/C29H30Cl2F2N4O3/c1-16(38)18-4-6-22(7-5-18)36-28(19-2-3-19)23(11-34)29(40)37(14-17-8-20(32)10-21(33)9-17)15-26(39)27-24(30)12-35-13-25(27)31/h8-13,18-19,22H,2-7,14-15,34H2,1H3. The van der Waals surface area contributed by atoms with Crippen molar-refractivity contribution in [2.45, 2.75) is 58.0 Å². The molecule has 0 spiro atoms. The van der Waals surface area contributed by atoms with Gasteiger partial charge in [-0.25, -0.2) is 8.78 Å². The zero-order chi connectivity index (χ0) is 29.0. The van der Waals surface area contributed by atoms with Crippen molar-refractivity contribution in [2.24, 2.45) is 22.6 Å². The maximum Gasteiger partial charge on any atom is 0.257 e. The van der Waals surface area contributed by atoms with Crippen molar-refractivity contribution in [1.82, 2.24) is 9.88 Å². The number of benzene rings is 1. The van der Waals surface area contributed by atoms with Crippen molar-refractivity contribution in [3.05, 3.63) is 75.2 Å². The summed E-state index contributed by atoms with van der Waals surface area (Å²) in [6.45, 7) is 0.836. The molecular formula is C29H30Cl2F2N4O3. The lowest BCUT2D eigenvalue weighted by atomic mass is 9.84. The predicted molar refractivity (Wildman–Crippen MR) is 149 cm³/mol. The summed E-state index contributed by atoms with van der Waals surface area (Å²) in [6, 6.07) is 2.85. The molecule has 0 unspecified atom stereocenters. The van der Waals surface area contributed by atoms with Crippen LogP contribution in [0.15, 0.2) is 47.4 Å². The van der Waals surface area contributed by atoms with Gasteiger partial charge in [0.1, 0.15) is 17.4 Å². The summed E-state index contributed by atoms with van der Waals surface area (Å²) in [6.07, 6.45) is 8.28. The highest BCUT2D eigenvalue weighted by Crippen LogP contribution is 2.36. The number of aliphatic imine (C=N–C) groups is 1. The Bertz CT molecular complexity index is 1330. The van der Waals surface area contributed by atoms with Crippen LogP contribution in [0.5, 0.6) is 0 Å². The van der Waals surface area contributed by atoms with Crippen LogP contribution in [0.2, 0.25) is 10.0 Å². The van der Waals surface area contributed by atoms with Crippen LogP contribution in [-0.4, -0.2) is 45.7 Å². The zero-order valence-corrected chi connectivity index (χ0v) is 23.5. The van der Waals surface area contributed by atoms with Crippen molar-refractivity contribution in [1.29, 1.82) is 0 Å². The second-order valence-corrected chi connectivity index (χ2v) is 11.1. The summed E-state index contributed by atoms with van der Waals surface area (Å²) in [5, 5.41) is 0.0235. The first-order chi connectivity index (χ1) is 19.1. The molecule has 1 aromatic heterocycles. The largest absolute Gasteiger partial charge is 0.404 e. The molecule has 212 valence electrons. The molecule has 1 heterocycles. The molecule has 2 aromatic rings. The van der Waals surface area contributed by atoms with Crippen LogP contribution >= 0.6 is 23.2 Å². The molecule has 1 aromatic carbocycles. The van der Waals surface area contributed by atoms with Crippen LogP contribution in [0.25, 0.3) is 0 Å². The number of nitrogens with two attached hydrogens (primary N) is 1. The van der Waals surface area contributed by atoms with Gasteiger partial charge in [-0.05, 0) is 63.1 Å². The molecule has 11 heteroatoms. The van der Waals surface area contributed by atoms with Gasteiger partial charge in [0.2, 0.25) is 0 Å². The van der Waals surface area contributed by atoms with E-state index < -0.39 is 29.9 Å². The van der Waals surface area contributed by atoms with Crippen LogP contribution < -0.4 is 5.73 Å². The average molecular weight is 591 g/mol. The van der Waals surface area contributed by atoms with Gasteiger partial charge in [0.15, 0.2) is 5.78 Å². The van der Waals surface area contributed by atoms with E-state index in [4.69, 9.17) is 33.9 Å². The minimum Gasteiger partial charge on any atom is -0.404 e. The Kier molecular flexibility index (Phi) is 9.68. The third-order valence-electron chi connectivity index (χ3n) is 7.28. The third kappa shape index (κ3) is 7.31. The molecule has 0 atom stereocenters. The van der Waals surface area contributed by atoms with E-state index >= 15 is 0 Å². The smallest absolute Gasteiger partial charge is 0.257 e. The van der Waals surface area contributed by atoms with Crippen LogP contribution in [0, 0.1) is 23.5 Å². The Hall–Kier alpha value is -3.17. The van der Waals surface area contributed by atoms with Crippen molar-refractivity contribution < 1.29 is 23.2 Å². The number of aromatic nitrogens is 1. The molecule has 0 saturated heterocycles. The number of hydrogen-bond donors (Lipinski definition) is 1. The van der Waals surface area contributed by atoms with Gasteiger partial charge in [0, 0.05) is 43.0 Å². The van der Waals surface area contributed by atoms with E-state index in [1.807, 2.05) is 0 Å². The zero-order valence-electron chi connectivity index (χ0n) is 22.0. The lowest BCUT2D eigenvalue weighted by Crippen LogP contribution is -2.39. The van der Waals surface area contributed by atoms with Gasteiger partial charge in [-0.1, -0.05) is 23.2 Å². The van der Waals surface area contributed by atoms with Crippen molar-refractivity contribution >= 4 is 46.4 Å². The number of amides is 1. The molecule has 40 heavy (non-hydrogen) atoms. The highest BCUT2D eigenvalue weighted by molar-refractivity contribution is 6.39. The molecular weight excluding hydrogens is 561 g/mol. The number of nitrogens with zero attached hydrogens (tertiary/aromatic N) is 3. The van der Waals surface area contributed by atoms with Crippen LogP contribution in [-0.2, 0) is 16.1 Å². The first-order valence-electron chi connectivity index (χ1n) is 13.1. The molecule has 1 amide bonds. The summed E-state index contributed by atoms with van der Waals surface area (Å²) in [7, 11) is 0. The van der Waals surface area contributed by atoms with E-state index in [-0.39, 0.29) is 57.0 Å². The maximum atomic E-state index is 14.0. The molecule has 0 radical (unpaired) electrons. The Balaban J connectivity index is 1.64. The van der Waals surface area contributed by atoms with Gasteiger partial charge in [-0.15, -0.1) is 0 Å². The lowest BCUT2D eigenvalue weighted by Gasteiger charge is -2.27. The van der Waals surface area contributed by atoms with E-state index in [1.54, 1.807) is 6.92 Å². The number of halogens is 4. The summed E-state index contributed by atoms with van der Waals surface area (Å²) >= 11 is 12.4. The molecule has 2 N–H and O–H groups in total. The van der Waals surface area contributed by atoms with Crippen LogP contribution in [0.4, 0.5) is 8.78 Å². The Morgan fingerprint density at radius 1 is 1.00 bits per heavy atom. The molecule has 2 aliphatic rings. The number of pyridine rings is 1. The van der Waals surface area contributed by atoms with Gasteiger partial charge < -0.3 is 10.6 Å². The number of carbonyl (C=O) groups is 3. The average Bonchev–Trinajstić information content (AvgIpc) is 3.73. The quantitative estimate of drug-likeness (QED) is 0.216. The molecule has 7 nitrogen and oxygen atoms in total. The Morgan fingerprint density at radius 2 is 1.57 bits per heavy atom. The summed E-state index contributed by atoms with van der Waals surface area (Å²) in [5.74, 6) is -2.57. The lowest BCUT2D eigenvalue weighted by molar-refractivity contribution is -0.126. The van der Waals surface area contributed by atoms with Crippen molar-refractivity contribution in [3.63, 3.8) is 0 Å². The Morgan fingerprint density at radius 3 is 2.10 bits per heavy atom. The van der Waals surface area contributed by atoms with Gasteiger partial charge in [-0.3, -0.25) is 24.4 Å². The molecule has 4 rings (SSSR count). The van der Waals surface area contributed by atoms with E-state index in [1.165, 1.54) is 18.6 Å². The summed E-state index contributed by atoms with van der Waals surface area (Å²) < 4.78 is 28.0. The van der Waals surface area contributed by atoms with Gasteiger partial charge in [-0.2, -0.15) is 0 Å². The summed E-state index contributed by atoms with van der Waals surface area (Å²) in [4.78, 5) is 49.0. The van der Waals surface area contributed by atoms with Gasteiger partial charge >= 0.3 is 0 Å². The number of Topliss-reactive ketones (excluding diaryl/α,β-unsaturated/α-hetero) is 2. The maximum absolute atomic E-state index is 14.0.